The molecule has 166 valence electrons. The monoisotopic (exact) mass is 463 g/mol. The van der Waals surface area contributed by atoms with Crippen molar-refractivity contribution < 1.29 is 21.6 Å². The van der Waals surface area contributed by atoms with Gasteiger partial charge in [-0.15, -0.1) is 0 Å². The summed E-state index contributed by atoms with van der Waals surface area (Å²) in [5.41, 5.74) is 1.62. The Kier molecular flexibility index (Phi) is 5.57. The van der Waals surface area contributed by atoms with Crippen LogP contribution in [-0.2, 0) is 31.3 Å². The van der Waals surface area contributed by atoms with Gasteiger partial charge in [0.15, 0.2) is 0 Å². The lowest BCUT2D eigenvalue weighted by molar-refractivity contribution is -0.117. The summed E-state index contributed by atoms with van der Waals surface area (Å²) < 4.78 is 55.3. The van der Waals surface area contributed by atoms with Crippen molar-refractivity contribution in [3.8, 4) is 0 Å². The maximum atomic E-state index is 12.9. The van der Waals surface area contributed by atoms with Crippen molar-refractivity contribution in [2.24, 2.45) is 5.92 Å². The standard InChI is InChI=1S/C21H25N3O5S2/c1-15-4-3-11-24(14-15)31(28,29)18-7-5-17(6-8-18)22-30(26,27)19-9-10-20-16(12-19)13-21(25)23(20)2/h5-10,12,15,22H,3-4,11,13-14H2,1-2H3. The van der Waals surface area contributed by atoms with Gasteiger partial charge in [0.05, 0.1) is 16.2 Å². The molecule has 10 heteroatoms. The molecule has 4 rings (SSSR count). The third-order valence-electron chi connectivity index (χ3n) is 5.80. The molecule has 8 nitrogen and oxygen atoms in total. The number of sulfonamides is 2. The number of carbonyl (C=O) groups is 1. The van der Waals surface area contributed by atoms with Gasteiger partial charge < -0.3 is 4.90 Å². The number of fused-ring (bicyclic) bond motifs is 1. The van der Waals surface area contributed by atoms with Gasteiger partial charge in [-0.2, -0.15) is 4.31 Å². The van der Waals surface area contributed by atoms with Crippen molar-refractivity contribution in [1.82, 2.24) is 4.31 Å². The highest BCUT2D eigenvalue weighted by Crippen LogP contribution is 2.30. The molecule has 1 atom stereocenters. The zero-order chi connectivity index (χ0) is 22.4. The van der Waals surface area contributed by atoms with E-state index in [0.29, 0.717) is 30.3 Å². The molecule has 2 aromatic carbocycles. The quantitative estimate of drug-likeness (QED) is 0.733. The minimum Gasteiger partial charge on any atom is -0.315 e. The van der Waals surface area contributed by atoms with E-state index in [1.54, 1.807) is 13.1 Å². The largest absolute Gasteiger partial charge is 0.315 e. The van der Waals surface area contributed by atoms with Crippen LogP contribution in [0.15, 0.2) is 52.3 Å². The fourth-order valence-electron chi connectivity index (χ4n) is 4.04. The number of nitrogens with zero attached hydrogens (tertiary/aromatic N) is 2. The lowest BCUT2D eigenvalue weighted by Gasteiger charge is -2.30. The first-order valence-electron chi connectivity index (χ1n) is 10.1. The Hall–Kier alpha value is -2.43. The van der Waals surface area contributed by atoms with Gasteiger partial charge in [-0.05, 0) is 66.8 Å². The van der Waals surface area contributed by atoms with Crippen LogP contribution in [0.5, 0.6) is 0 Å². The third-order valence-corrected chi connectivity index (χ3v) is 9.06. The smallest absolute Gasteiger partial charge is 0.261 e. The van der Waals surface area contributed by atoms with E-state index in [2.05, 4.69) is 4.72 Å². The number of rotatable bonds is 5. The Morgan fingerprint density at radius 2 is 1.68 bits per heavy atom. The van der Waals surface area contributed by atoms with Gasteiger partial charge in [0.25, 0.3) is 10.0 Å². The van der Waals surface area contributed by atoms with Crippen LogP contribution in [0.3, 0.4) is 0 Å². The van der Waals surface area contributed by atoms with Gasteiger partial charge in [-0.1, -0.05) is 6.92 Å². The molecule has 0 aliphatic carbocycles. The molecule has 2 heterocycles. The molecule has 1 fully saturated rings. The maximum absolute atomic E-state index is 12.9. The van der Waals surface area contributed by atoms with Crippen molar-refractivity contribution in [1.29, 1.82) is 0 Å². The van der Waals surface area contributed by atoms with Crippen LogP contribution in [0.2, 0.25) is 0 Å². The van der Waals surface area contributed by atoms with Crippen molar-refractivity contribution in [3.63, 3.8) is 0 Å². The highest BCUT2D eigenvalue weighted by molar-refractivity contribution is 7.92. The first kappa shape index (κ1) is 21.8. The molecule has 31 heavy (non-hydrogen) atoms. The lowest BCUT2D eigenvalue weighted by Crippen LogP contribution is -2.39. The summed E-state index contributed by atoms with van der Waals surface area (Å²) in [5, 5.41) is 0. The van der Waals surface area contributed by atoms with Gasteiger partial charge in [-0.25, -0.2) is 16.8 Å². The topological polar surface area (TPSA) is 104 Å². The normalized spacial score (nSPS) is 20.0. The summed E-state index contributed by atoms with van der Waals surface area (Å²) in [6.07, 6.45) is 2.01. The van der Waals surface area contributed by atoms with Crippen LogP contribution in [0, 0.1) is 5.92 Å². The third kappa shape index (κ3) is 4.19. The number of likely N-dealkylation sites (N-methyl/N-ethyl adjacent to an activating group) is 1. The van der Waals surface area contributed by atoms with Gasteiger partial charge in [0.1, 0.15) is 0 Å². The summed E-state index contributed by atoms with van der Waals surface area (Å²) >= 11 is 0. The van der Waals surface area contributed by atoms with E-state index in [1.165, 1.54) is 45.6 Å². The second-order valence-corrected chi connectivity index (χ2v) is 11.8. The van der Waals surface area contributed by atoms with Crippen LogP contribution in [-0.4, -0.2) is 47.2 Å². The molecule has 1 unspecified atom stereocenters. The van der Waals surface area contributed by atoms with E-state index in [-0.39, 0.29) is 27.8 Å². The highest BCUT2D eigenvalue weighted by atomic mass is 32.2. The van der Waals surface area contributed by atoms with E-state index in [9.17, 15) is 21.6 Å². The number of nitrogens with one attached hydrogen (secondary N) is 1. The second-order valence-electron chi connectivity index (χ2n) is 8.16. The Balaban J connectivity index is 1.53. The fraction of sp³-hybridized carbons (Fsp3) is 0.381. The number of carbonyl (C=O) groups excluding carboxylic acids is 1. The maximum Gasteiger partial charge on any atom is 0.261 e. The van der Waals surface area contributed by atoms with E-state index in [4.69, 9.17) is 0 Å². The summed E-state index contributed by atoms with van der Waals surface area (Å²) in [4.78, 5) is 13.5. The summed E-state index contributed by atoms with van der Waals surface area (Å²) in [5.74, 6) is 0.231. The second kappa shape index (κ2) is 7.92. The Labute approximate surface area is 183 Å². The number of amides is 1. The van der Waals surface area contributed by atoms with Crippen molar-refractivity contribution in [3.05, 3.63) is 48.0 Å². The molecule has 2 aliphatic rings. The Morgan fingerprint density at radius 3 is 2.35 bits per heavy atom. The van der Waals surface area contributed by atoms with Crippen LogP contribution in [0.1, 0.15) is 25.3 Å². The van der Waals surface area contributed by atoms with Crippen LogP contribution >= 0.6 is 0 Å². The van der Waals surface area contributed by atoms with E-state index < -0.39 is 20.0 Å². The number of hydrogen-bond acceptors (Lipinski definition) is 5. The molecule has 0 aromatic heterocycles. The van der Waals surface area contributed by atoms with E-state index >= 15 is 0 Å². The number of anilines is 2. The minimum atomic E-state index is -3.89. The Bertz CT molecular complexity index is 1220. The Morgan fingerprint density at radius 1 is 1.00 bits per heavy atom. The first-order chi connectivity index (χ1) is 14.6. The summed E-state index contributed by atoms with van der Waals surface area (Å²) in [6.45, 7) is 3.02. The summed E-state index contributed by atoms with van der Waals surface area (Å²) in [7, 11) is -5.84. The zero-order valence-corrected chi connectivity index (χ0v) is 19.0. The molecule has 0 spiro atoms. The predicted octanol–water partition coefficient (Wildman–Crippen LogP) is 2.43. The van der Waals surface area contributed by atoms with Crippen molar-refractivity contribution >= 4 is 37.3 Å². The summed E-state index contributed by atoms with van der Waals surface area (Å²) in [6, 6.07) is 10.3. The molecule has 0 bridgehead atoms. The molecule has 0 radical (unpaired) electrons. The predicted molar refractivity (Wildman–Crippen MR) is 118 cm³/mol. The van der Waals surface area contributed by atoms with Gasteiger partial charge in [0.2, 0.25) is 15.9 Å². The van der Waals surface area contributed by atoms with Gasteiger partial charge >= 0.3 is 0 Å². The number of hydrogen-bond donors (Lipinski definition) is 1. The van der Waals surface area contributed by atoms with Gasteiger partial charge in [-0.3, -0.25) is 9.52 Å². The molecule has 0 saturated carbocycles. The molecular weight excluding hydrogens is 438 g/mol. The number of piperidine rings is 1. The zero-order valence-electron chi connectivity index (χ0n) is 17.4. The molecule has 1 N–H and O–H groups in total. The van der Waals surface area contributed by atoms with Crippen LogP contribution in [0.4, 0.5) is 11.4 Å². The van der Waals surface area contributed by atoms with Crippen molar-refractivity contribution in [2.75, 3.05) is 29.8 Å². The molecule has 2 aliphatic heterocycles. The minimum absolute atomic E-state index is 0.0494. The first-order valence-corrected chi connectivity index (χ1v) is 13.0. The number of benzene rings is 2. The van der Waals surface area contributed by atoms with Crippen LogP contribution < -0.4 is 9.62 Å². The highest BCUT2D eigenvalue weighted by Gasteiger charge is 2.29. The van der Waals surface area contributed by atoms with E-state index in [1.807, 2.05) is 6.92 Å². The van der Waals surface area contributed by atoms with E-state index in [0.717, 1.165) is 12.8 Å². The molecule has 1 amide bonds. The SMILES string of the molecule is CC1CCCN(S(=O)(=O)c2ccc(NS(=O)(=O)c3ccc4c(c3)CC(=O)N4C)cc2)C1. The molecular formula is C21H25N3O5S2. The fourth-order valence-corrected chi connectivity index (χ4v) is 6.74. The molecule has 2 aromatic rings. The van der Waals surface area contributed by atoms with Gasteiger partial charge in [0, 0.05) is 31.5 Å². The average molecular weight is 464 g/mol. The molecule has 1 saturated heterocycles. The van der Waals surface area contributed by atoms with Crippen LogP contribution in [0.25, 0.3) is 0 Å². The average Bonchev–Trinajstić information content (AvgIpc) is 3.01. The van der Waals surface area contributed by atoms with Crippen molar-refractivity contribution in [2.45, 2.75) is 36.0 Å². The lowest BCUT2D eigenvalue weighted by atomic mass is 10.0.